The molecule has 1 nitrogen and oxygen atoms in total. The molecule has 2 N–H and O–H groups in total. The summed E-state index contributed by atoms with van der Waals surface area (Å²) in [7, 11) is 0. The quantitative estimate of drug-likeness (QED) is 0.744. The number of aryl methyl sites for hydroxylation is 2. The van der Waals surface area contributed by atoms with Crippen molar-refractivity contribution in [2.75, 3.05) is 0 Å². The van der Waals surface area contributed by atoms with Crippen molar-refractivity contribution < 1.29 is 0 Å². The van der Waals surface area contributed by atoms with Crippen molar-refractivity contribution in [3.63, 3.8) is 0 Å². The minimum absolute atomic E-state index is 0.374. The Morgan fingerprint density at radius 3 is 2.60 bits per heavy atom. The van der Waals surface area contributed by atoms with Crippen molar-refractivity contribution in [1.29, 1.82) is 0 Å². The van der Waals surface area contributed by atoms with Crippen LogP contribution in [0.2, 0.25) is 0 Å². The average Bonchev–Trinajstić information content (AvgIpc) is 2.23. The fourth-order valence-corrected chi connectivity index (χ4v) is 2.71. The number of hydrogen-bond acceptors (Lipinski definition) is 1. The summed E-state index contributed by atoms with van der Waals surface area (Å²) >= 11 is 0. The minimum atomic E-state index is 0.374. The van der Waals surface area contributed by atoms with Crippen molar-refractivity contribution in [2.24, 2.45) is 5.73 Å². The van der Waals surface area contributed by atoms with Crippen molar-refractivity contribution >= 4 is 0 Å². The minimum Gasteiger partial charge on any atom is -0.327 e. The summed E-state index contributed by atoms with van der Waals surface area (Å²) in [5.74, 6) is 0.596. The van der Waals surface area contributed by atoms with Gasteiger partial charge in [0, 0.05) is 6.04 Å². The Morgan fingerprint density at radius 2 is 1.87 bits per heavy atom. The molecule has 1 aromatic carbocycles. The van der Waals surface area contributed by atoms with Gasteiger partial charge in [0.1, 0.15) is 0 Å². The third kappa shape index (κ3) is 2.23. The van der Waals surface area contributed by atoms with Gasteiger partial charge in [0.05, 0.1) is 0 Å². The summed E-state index contributed by atoms with van der Waals surface area (Å²) in [6, 6.07) is 7.11. The summed E-state index contributed by atoms with van der Waals surface area (Å²) in [6.45, 7) is 4.37. The third-order valence-corrected chi connectivity index (χ3v) is 3.65. The molecule has 0 saturated heterocycles. The van der Waals surface area contributed by atoms with Gasteiger partial charge in [-0.15, -0.1) is 0 Å². The van der Waals surface area contributed by atoms with Gasteiger partial charge >= 0.3 is 0 Å². The normalized spacial score (nSPS) is 26.6. The highest BCUT2D eigenvalue weighted by Gasteiger charge is 2.24. The highest BCUT2D eigenvalue weighted by molar-refractivity contribution is 5.34. The number of hydrogen-bond donors (Lipinski definition) is 1. The maximum Gasteiger partial charge on any atom is 0.0108 e. The molecule has 15 heavy (non-hydrogen) atoms. The van der Waals surface area contributed by atoms with E-state index in [0.717, 1.165) is 0 Å². The van der Waals surface area contributed by atoms with Crippen molar-refractivity contribution in [3.05, 3.63) is 34.9 Å². The van der Waals surface area contributed by atoms with E-state index in [2.05, 4.69) is 32.0 Å². The molecule has 2 rings (SSSR count). The molecule has 0 spiro atoms. The van der Waals surface area contributed by atoms with Crippen LogP contribution in [-0.2, 0) is 0 Å². The van der Waals surface area contributed by atoms with E-state index in [1.807, 2.05) is 0 Å². The largest absolute Gasteiger partial charge is 0.327 e. The first-order valence-corrected chi connectivity index (χ1v) is 6.01. The van der Waals surface area contributed by atoms with Gasteiger partial charge in [0.2, 0.25) is 0 Å². The van der Waals surface area contributed by atoms with E-state index < -0.39 is 0 Å². The predicted molar refractivity (Wildman–Crippen MR) is 65.1 cm³/mol. The molecular formula is C14H21N. The summed E-state index contributed by atoms with van der Waals surface area (Å²) in [4.78, 5) is 0. The maximum atomic E-state index is 6.23. The standard InChI is InChI=1S/C14H21N/c1-10-7-8-11(2)13(9-10)12-5-3-4-6-14(12)15/h7-9,12,14H,3-6,15H2,1-2H3/t12-,14+/m0/s1. The van der Waals surface area contributed by atoms with Crippen LogP contribution in [0.3, 0.4) is 0 Å². The van der Waals surface area contributed by atoms with E-state index >= 15 is 0 Å². The molecule has 1 heteroatoms. The van der Waals surface area contributed by atoms with Crippen molar-refractivity contribution in [1.82, 2.24) is 0 Å². The second kappa shape index (κ2) is 4.36. The molecule has 1 aliphatic rings. The molecule has 0 amide bonds. The lowest BCUT2D eigenvalue weighted by molar-refractivity contribution is 0.384. The van der Waals surface area contributed by atoms with E-state index in [1.165, 1.54) is 42.4 Å². The molecule has 82 valence electrons. The van der Waals surface area contributed by atoms with Gasteiger partial charge in [-0.25, -0.2) is 0 Å². The summed E-state index contributed by atoms with van der Waals surface area (Å²) in [5, 5.41) is 0. The van der Waals surface area contributed by atoms with E-state index in [0.29, 0.717) is 12.0 Å². The van der Waals surface area contributed by atoms with Gasteiger partial charge in [0.25, 0.3) is 0 Å². The molecule has 1 aliphatic carbocycles. The summed E-state index contributed by atoms with van der Waals surface area (Å²) in [6.07, 6.45) is 5.11. The Hall–Kier alpha value is -0.820. The molecule has 0 aromatic heterocycles. The van der Waals surface area contributed by atoms with E-state index in [9.17, 15) is 0 Å². The number of rotatable bonds is 1. The van der Waals surface area contributed by atoms with Gasteiger partial charge in [-0.05, 0) is 43.7 Å². The molecule has 0 unspecified atom stereocenters. The molecule has 1 fully saturated rings. The van der Waals surface area contributed by atoms with Crippen molar-refractivity contribution in [2.45, 2.75) is 51.5 Å². The molecule has 1 saturated carbocycles. The molecule has 0 heterocycles. The van der Waals surface area contributed by atoms with Gasteiger partial charge in [-0.3, -0.25) is 0 Å². The number of nitrogens with two attached hydrogens (primary N) is 1. The summed E-state index contributed by atoms with van der Waals surface area (Å²) < 4.78 is 0. The molecule has 0 bridgehead atoms. The smallest absolute Gasteiger partial charge is 0.0108 e. The first kappa shape index (κ1) is 10.7. The van der Waals surface area contributed by atoms with E-state index in [1.54, 1.807) is 0 Å². The molecule has 0 aliphatic heterocycles. The van der Waals surface area contributed by atoms with Crippen LogP contribution < -0.4 is 5.73 Å². The van der Waals surface area contributed by atoms with Crippen LogP contribution in [0.15, 0.2) is 18.2 Å². The highest BCUT2D eigenvalue weighted by atomic mass is 14.7. The van der Waals surface area contributed by atoms with Crippen LogP contribution in [-0.4, -0.2) is 6.04 Å². The van der Waals surface area contributed by atoms with Crippen LogP contribution >= 0.6 is 0 Å². The van der Waals surface area contributed by atoms with Crippen LogP contribution in [0.5, 0.6) is 0 Å². The molecule has 1 aromatic rings. The Kier molecular flexibility index (Phi) is 3.11. The fraction of sp³-hybridized carbons (Fsp3) is 0.571. The Labute approximate surface area is 92.7 Å². The monoisotopic (exact) mass is 203 g/mol. The van der Waals surface area contributed by atoms with Gasteiger partial charge in [-0.1, -0.05) is 36.6 Å². The average molecular weight is 203 g/mol. The van der Waals surface area contributed by atoms with Gasteiger partial charge in [-0.2, -0.15) is 0 Å². The lowest BCUT2D eigenvalue weighted by Gasteiger charge is -2.30. The van der Waals surface area contributed by atoms with Crippen LogP contribution in [0.4, 0.5) is 0 Å². The van der Waals surface area contributed by atoms with Crippen molar-refractivity contribution in [3.8, 4) is 0 Å². The second-order valence-corrected chi connectivity index (χ2v) is 4.91. The van der Waals surface area contributed by atoms with E-state index in [4.69, 9.17) is 5.73 Å². The SMILES string of the molecule is Cc1ccc(C)c([C@@H]2CCCC[C@H]2N)c1. The zero-order valence-electron chi connectivity index (χ0n) is 9.79. The van der Waals surface area contributed by atoms with Gasteiger partial charge in [0.15, 0.2) is 0 Å². The topological polar surface area (TPSA) is 26.0 Å². The van der Waals surface area contributed by atoms with Crippen LogP contribution in [0, 0.1) is 13.8 Å². The first-order valence-electron chi connectivity index (χ1n) is 6.01. The lowest BCUT2D eigenvalue weighted by atomic mass is 9.78. The van der Waals surface area contributed by atoms with Gasteiger partial charge < -0.3 is 5.73 Å². The number of benzene rings is 1. The Bertz CT molecular complexity index is 343. The second-order valence-electron chi connectivity index (χ2n) is 4.91. The predicted octanol–water partition coefficient (Wildman–Crippen LogP) is 3.29. The summed E-state index contributed by atoms with van der Waals surface area (Å²) in [5.41, 5.74) is 10.5. The highest BCUT2D eigenvalue weighted by Crippen LogP contribution is 2.33. The maximum absolute atomic E-state index is 6.23. The zero-order valence-corrected chi connectivity index (χ0v) is 9.79. The first-order chi connectivity index (χ1) is 7.18. The molecule has 2 atom stereocenters. The van der Waals surface area contributed by atoms with Crippen LogP contribution in [0.1, 0.15) is 48.3 Å². The molecule has 0 radical (unpaired) electrons. The van der Waals surface area contributed by atoms with E-state index in [-0.39, 0.29) is 0 Å². The molecular weight excluding hydrogens is 182 g/mol. The Balaban J connectivity index is 2.30. The third-order valence-electron chi connectivity index (χ3n) is 3.65. The van der Waals surface area contributed by atoms with Crippen LogP contribution in [0.25, 0.3) is 0 Å². The Morgan fingerprint density at radius 1 is 1.13 bits per heavy atom. The fourth-order valence-electron chi connectivity index (χ4n) is 2.71. The lowest BCUT2D eigenvalue weighted by Crippen LogP contribution is -2.31. The zero-order chi connectivity index (χ0) is 10.8.